The summed E-state index contributed by atoms with van der Waals surface area (Å²) in [4.78, 5) is 31.7. The highest BCUT2D eigenvalue weighted by Gasteiger charge is 2.30. The molecule has 1 aromatic heterocycles. The molecule has 0 atom stereocenters. The molecule has 0 spiro atoms. The Hall–Kier alpha value is -4.71. The maximum atomic E-state index is 13.4. The van der Waals surface area contributed by atoms with Gasteiger partial charge in [0.1, 0.15) is 0 Å². The van der Waals surface area contributed by atoms with Crippen molar-refractivity contribution >= 4 is 23.6 Å². The third kappa shape index (κ3) is 5.18. The fourth-order valence-corrected chi connectivity index (χ4v) is 3.96. The molecule has 4 aromatic rings. The van der Waals surface area contributed by atoms with Gasteiger partial charge in [-0.15, -0.1) is 0 Å². The summed E-state index contributed by atoms with van der Waals surface area (Å²) in [6.45, 7) is 2.87. The van der Waals surface area contributed by atoms with Crippen molar-refractivity contribution in [3.8, 4) is 5.75 Å². The zero-order chi connectivity index (χ0) is 24.9. The first-order chi connectivity index (χ1) is 17.6. The number of pyridine rings is 1. The number of carbonyl (C=O) groups excluding carboxylic acids is 2. The predicted octanol–water partition coefficient (Wildman–Crippen LogP) is 5.29. The van der Waals surface area contributed by atoms with Crippen molar-refractivity contribution in [3.63, 3.8) is 0 Å². The number of aromatic nitrogens is 1. The number of hydrogen-bond acceptors (Lipinski definition) is 4. The van der Waals surface area contributed by atoms with Gasteiger partial charge < -0.3 is 10.1 Å². The van der Waals surface area contributed by atoms with Gasteiger partial charge in [0.2, 0.25) is 0 Å². The fraction of sp³-hybridized carbons (Fsp3) is 0.100. The van der Waals surface area contributed by atoms with Crippen LogP contribution in [0.2, 0.25) is 0 Å². The highest BCUT2D eigenvalue weighted by atomic mass is 16.5. The molecule has 1 N–H and O–H groups in total. The Morgan fingerprint density at radius 3 is 2.47 bits per heavy atom. The third-order valence-corrected chi connectivity index (χ3v) is 5.94. The monoisotopic (exact) mass is 475 g/mol. The molecule has 0 bridgehead atoms. The lowest BCUT2D eigenvalue weighted by Gasteiger charge is -2.30. The number of para-hydroxylation sites is 2. The number of carbonyl (C=O) groups is 2. The topological polar surface area (TPSA) is 71.5 Å². The predicted molar refractivity (Wildman–Crippen MR) is 139 cm³/mol. The van der Waals surface area contributed by atoms with Gasteiger partial charge >= 0.3 is 0 Å². The number of aryl methyl sites for hydroxylation is 1. The maximum absolute atomic E-state index is 13.4. The molecule has 0 unspecified atom stereocenters. The molecule has 2 heterocycles. The van der Waals surface area contributed by atoms with Crippen molar-refractivity contribution in [2.24, 2.45) is 0 Å². The lowest BCUT2D eigenvalue weighted by atomic mass is 10.1. The molecule has 0 radical (unpaired) electrons. The summed E-state index contributed by atoms with van der Waals surface area (Å²) in [5.41, 5.74) is 5.16. The molecule has 6 heteroatoms. The van der Waals surface area contributed by atoms with Crippen LogP contribution < -0.4 is 15.0 Å². The summed E-state index contributed by atoms with van der Waals surface area (Å²) in [6.07, 6.45) is 5.12. The van der Waals surface area contributed by atoms with Crippen LogP contribution in [-0.2, 0) is 17.9 Å². The highest BCUT2D eigenvalue weighted by Crippen LogP contribution is 2.36. The highest BCUT2D eigenvalue weighted by molar-refractivity contribution is 6.09. The molecular weight excluding hydrogens is 450 g/mol. The minimum absolute atomic E-state index is 0.179. The molecule has 0 saturated carbocycles. The molecule has 36 heavy (non-hydrogen) atoms. The number of fused-ring (bicyclic) bond motifs is 1. The summed E-state index contributed by atoms with van der Waals surface area (Å²) in [5, 5.41) is 2.89. The zero-order valence-corrected chi connectivity index (χ0v) is 19.8. The smallest absolute Gasteiger partial charge is 0.294 e. The lowest BCUT2D eigenvalue weighted by molar-refractivity contribution is -0.117. The third-order valence-electron chi connectivity index (χ3n) is 5.94. The van der Waals surface area contributed by atoms with E-state index in [4.69, 9.17) is 4.74 Å². The number of anilines is 1. The molecule has 3 aromatic carbocycles. The molecule has 1 aliphatic rings. The molecule has 6 nitrogen and oxygen atoms in total. The van der Waals surface area contributed by atoms with Crippen molar-refractivity contribution in [2.45, 2.75) is 20.0 Å². The summed E-state index contributed by atoms with van der Waals surface area (Å²) in [5.74, 6) is 0.463. The van der Waals surface area contributed by atoms with E-state index < -0.39 is 0 Å². The van der Waals surface area contributed by atoms with Crippen LogP contribution in [0, 0.1) is 6.92 Å². The standard InChI is InChI=1S/C30H25N3O3/c1-21-8-10-23(11-9-21)20-33-26-6-2-3-7-27(26)36-28(30(33)35)17-22-12-14-25(15-13-22)29(34)32-19-24-5-4-16-31-18-24/h2-18H,19-20H2,1H3,(H,32,34). The van der Waals surface area contributed by atoms with Gasteiger partial charge in [0, 0.05) is 24.5 Å². The number of rotatable bonds is 6. The Kier molecular flexibility index (Phi) is 6.58. The van der Waals surface area contributed by atoms with E-state index in [0.717, 1.165) is 22.4 Å². The van der Waals surface area contributed by atoms with Gasteiger partial charge in [0.05, 0.1) is 12.2 Å². The van der Waals surface area contributed by atoms with E-state index in [2.05, 4.69) is 10.3 Å². The molecule has 1 aliphatic heterocycles. The Morgan fingerprint density at radius 2 is 1.72 bits per heavy atom. The number of hydrogen-bond donors (Lipinski definition) is 1. The first kappa shape index (κ1) is 23.1. The van der Waals surface area contributed by atoms with Gasteiger partial charge in [-0.3, -0.25) is 19.5 Å². The van der Waals surface area contributed by atoms with Gasteiger partial charge in [-0.25, -0.2) is 0 Å². The fourth-order valence-electron chi connectivity index (χ4n) is 3.96. The lowest BCUT2D eigenvalue weighted by Crippen LogP contribution is -2.36. The summed E-state index contributed by atoms with van der Waals surface area (Å²) in [6, 6.07) is 26.5. The number of benzene rings is 3. The van der Waals surface area contributed by atoms with Crippen molar-refractivity contribution in [2.75, 3.05) is 4.90 Å². The molecule has 178 valence electrons. The average molecular weight is 476 g/mol. The summed E-state index contributed by atoms with van der Waals surface area (Å²) in [7, 11) is 0. The van der Waals surface area contributed by atoms with E-state index in [0.29, 0.717) is 24.4 Å². The van der Waals surface area contributed by atoms with Crippen LogP contribution in [0.3, 0.4) is 0 Å². The van der Waals surface area contributed by atoms with Crippen LogP contribution in [0.25, 0.3) is 6.08 Å². The molecular formula is C30H25N3O3. The average Bonchev–Trinajstić information content (AvgIpc) is 2.92. The van der Waals surface area contributed by atoms with Crippen molar-refractivity contribution in [1.29, 1.82) is 0 Å². The molecule has 0 saturated heterocycles. The second-order valence-electron chi connectivity index (χ2n) is 8.62. The quantitative estimate of drug-likeness (QED) is 0.385. The van der Waals surface area contributed by atoms with E-state index >= 15 is 0 Å². The van der Waals surface area contributed by atoms with Crippen LogP contribution in [0.15, 0.2) is 103 Å². The Balaban J connectivity index is 1.34. The number of amides is 2. The SMILES string of the molecule is Cc1ccc(CN2C(=O)C(=Cc3ccc(C(=O)NCc4cccnc4)cc3)Oc3ccccc32)cc1. The number of nitrogens with one attached hydrogen (secondary N) is 1. The molecule has 2 amide bonds. The Bertz CT molecular complexity index is 1410. The van der Waals surface area contributed by atoms with Crippen molar-refractivity contribution < 1.29 is 14.3 Å². The van der Waals surface area contributed by atoms with Crippen molar-refractivity contribution in [3.05, 3.63) is 131 Å². The Labute approximate surface area is 209 Å². The van der Waals surface area contributed by atoms with E-state index in [1.807, 2.05) is 67.6 Å². The van der Waals surface area contributed by atoms with Crippen LogP contribution >= 0.6 is 0 Å². The van der Waals surface area contributed by atoms with E-state index in [9.17, 15) is 9.59 Å². The largest absolute Gasteiger partial charge is 0.449 e. The first-order valence-electron chi connectivity index (χ1n) is 11.7. The minimum Gasteiger partial charge on any atom is -0.449 e. The van der Waals surface area contributed by atoms with Crippen LogP contribution in [0.5, 0.6) is 5.75 Å². The molecule has 0 aliphatic carbocycles. The summed E-state index contributed by atoms with van der Waals surface area (Å²) < 4.78 is 5.99. The van der Waals surface area contributed by atoms with Gasteiger partial charge in [-0.1, -0.05) is 60.2 Å². The molecule has 0 fully saturated rings. The Morgan fingerprint density at radius 1 is 0.944 bits per heavy atom. The van der Waals surface area contributed by atoms with Gasteiger partial charge in [0.15, 0.2) is 11.5 Å². The second kappa shape index (κ2) is 10.3. The summed E-state index contributed by atoms with van der Waals surface area (Å²) >= 11 is 0. The number of ether oxygens (including phenoxy) is 1. The van der Waals surface area contributed by atoms with Gasteiger partial charge in [0.25, 0.3) is 11.8 Å². The normalized spacial score (nSPS) is 13.8. The van der Waals surface area contributed by atoms with E-state index in [-0.39, 0.29) is 17.6 Å². The van der Waals surface area contributed by atoms with Crippen LogP contribution in [-0.4, -0.2) is 16.8 Å². The van der Waals surface area contributed by atoms with E-state index in [1.165, 1.54) is 5.56 Å². The van der Waals surface area contributed by atoms with Gasteiger partial charge in [-0.05, 0) is 60.0 Å². The first-order valence-corrected chi connectivity index (χ1v) is 11.7. The minimum atomic E-state index is -0.215. The zero-order valence-electron chi connectivity index (χ0n) is 19.8. The number of nitrogens with zero attached hydrogens (tertiary/aromatic N) is 2. The second-order valence-corrected chi connectivity index (χ2v) is 8.62. The maximum Gasteiger partial charge on any atom is 0.294 e. The van der Waals surface area contributed by atoms with Gasteiger partial charge in [-0.2, -0.15) is 0 Å². The van der Waals surface area contributed by atoms with Crippen molar-refractivity contribution in [1.82, 2.24) is 10.3 Å². The molecule has 5 rings (SSSR count). The van der Waals surface area contributed by atoms with Crippen LogP contribution in [0.4, 0.5) is 5.69 Å². The van der Waals surface area contributed by atoms with Crippen LogP contribution in [0.1, 0.15) is 32.6 Å². The van der Waals surface area contributed by atoms with E-state index in [1.54, 1.807) is 47.6 Å².